The number of benzene rings is 2. The molecule has 1 heterocycles. The number of hydrogen-bond donors (Lipinski definition) is 2. The molecule has 3 N–H and O–H groups in total. The Labute approximate surface area is 171 Å². The van der Waals surface area contributed by atoms with E-state index in [-0.39, 0.29) is 24.0 Å². The second kappa shape index (κ2) is 8.84. The molecule has 0 atom stereocenters. The number of aromatic nitrogens is 2. The fraction of sp³-hybridized carbons (Fsp3) is 0.200. The van der Waals surface area contributed by atoms with Crippen LogP contribution in [0.25, 0.3) is 11.3 Å². The molecule has 0 saturated carbocycles. The maximum atomic E-state index is 6.06. The van der Waals surface area contributed by atoms with E-state index in [1.807, 2.05) is 43.6 Å². The minimum Gasteiger partial charge on any atom is -0.370 e. The van der Waals surface area contributed by atoms with Crippen molar-refractivity contribution in [3.05, 3.63) is 71.4 Å². The van der Waals surface area contributed by atoms with Crippen LogP contribution in [0.4, 0.5) is 5.69 Å². The lowest BCUT2D eigenvalue weighted by Gasteiger charge is -2.08. The molecular formula is C20H24IN5. The van der Waals surface area contributed by atoms with Gasteiger partial charge in [-0.15, -0.1) is 24.0 Å². The Hall–Kier alpha value is -2.35. The Morgan fingerprint density at radius 2 is 1.77 bits per heavy atom. The summed E-state index contributed by atoms with van der Waals surface area (Å²) in [6, 6.07) is 16.3. The highest BCUT2D eigenvalue weighted by Gasteiger charge is 2.09. The number of nitrogens with one attached hydrogen (secondary N) is 1. The number of rotatable bonds is 4. The number of guanidine groups is 1. The molecule has 3 rings (SSSR count). The zero-order valence-corrected chi connectivity index (χ0v) is 17.6. The molecule has 0 aliphatic rings. The molecule has 0 spiro atoms. The first-order chi connectivity index (χ1) is 12.0. The standard InChI is InChI=1S/C20H23N5.HI/c1-14-9-15(2)11-18(10-14)23-20(21)22-12-17-13-25(3)24-19(17)16-7-5-4-6-8-16;/h4-11,13H,12H2,1-3H3,(H3,21,22,23);1H. The highest BCUT2D eigenvalue weighted by Crippen LogP contribution is 2.22. The van der Waals surface area contributed by atoms with Gasteiger partial charge in [0, 0.05) is 30.1 Å². The van der Waals surface area contributed by atoms with Gasteiger partial charge in [0.1, 0.15) is 0 Å². The molecule has 0 radical (unpaired) electrons. The van der Waals surface area contributed by atoms with Crippen molar-refractivity contribution in [2.24, 2.45) is 17.8 Å². The molecule has 0 bridgehead atoms. The molecule has 1 aromatic heterocycles. The molecular weight excluding hydrogens is 437 g/mol. The highest BCUT2D eigenvalue weighted by atomic mass is 127. The quantitative estimate of drug-likeness (QED) is 0.347. The van der Waals surface area contributed by atoms with E-state index in [0.29, 0.717) is 12.5 Å². The smallest absolute Gasteiger partial charge is 0.193 e. The Balaban J connectivity index is 0.00000243. The van der Waals surface area contributed by atoms with Crippen LogP contribution in [0.5, 0.6) is 0 Å². The van der Waals surface area contributed by atoms with Crippen molar-refractivity contribution in [2.75, 3.05) is 5.32 Å². The third-order valence-corrected chi connectivity index (χ3v) is 3.87. The fourth-order valence-electron chi connectivity index (χ4n) is 2.90. The Bertz CT molecular complexity index is 880. The number of hydrogen-bond acceptors (Lipinski definition) is 2. The predicted molar refractivity (Wildman–Crippen MR) is 119 cm³/mol. The Kier molecular flexibility index (Phi) is 6.79. The van der Waals surface area contributed by atoms with E-state index in [4.69, 9.17) is 5.73 Å². The highest BCUT2D eigenvalue weighted by molar-refractivity contribution is 14.0. The monoisotopic (exact) mass is 461 g/mol. The lowest BCUT2D eigenvalue weighted by molar-refractivity contribution is 0.769. The van der Waals surface area contributed by atoms with Gasteiger partial charge in [-0.05, 0) is 37.1 Å². The first kappa shape index (κ1) is 20.0. The van der Waals surface area contributed by atoms with E-state index < -0.39 is 0 Å². The van der Waals surface area contributed by atoms with Crippen molar-refractivity contribution in [1.82, 2.24) is 9.78 Å². The summed E-state index contributed by atoms with van der Waals surface area (Å²) in [6.45, 7) is 4.60. The van der Waals surface area contributed by atoms with Gasteiger partial charge in [0.05, 0.1) is 12.2 Å². The molecule has 2 aromatic carbocycles. The summed E-state index contributed by atoms with van der Waals surface area (Å²) in [5.41, 5.74) is 12.4. The lowest BCUT2D eigenvalue weighted by Crippen LogP contribution is -2.22. The number of aliphatic imine (C=N–C) groups is 1. The molecule has 136 valence electrons. The van der Waals surface area contributed by atoms with Crippen LogP contribution in [0.2, 0.25) is 0 Å². The molecule has 6 heteroatoms. The number of aryl methyl sites for hydroxylation is 3. The average Bonchev–Trinajstić information content (AvgIpc) is 2.94. The molecule has 0 saturated heterocycles. The number of anilines is 1. The third kappa shape index (κ3) is 5.08. The van der Waals surface area contributed by atoms with Gasteiger partial charge in [-0.3, -0.25) is 4.68 Å². The van der Waals surface area contributed by atoms with Gasteiger partial charge in [-0.25, -0.2) is 4.99 Å². The molecule has 3 aromatic rings. The summed E-state index contributed by atoms with van der Waals surface area (Å²) in [4.78, 5) is 4.48. The van der Waals surface area contributed by atoms with E-state index in [1.165, 1.54) is 11.1 Å². The number of halogens is 1. The zero-order valence-electron chi connectivity index (χ0n) is 15.2. The van der Waals surface area contributed by atoms with Crippen molar-refractivity contribution in [3.63, 3.8) is 0 Å². The topological polar surface area (TPSA) is 68.2 Å². The van der Waals surface area contributed by atoms with E-state index in [2.05, 4.69) is 47.5 Å². The molecule has 26 heavy (non-hydrogen) atoms. The third-order valence-electron chi connectivity index (χ3n) is 3.87. The van der Waals surface area contributed by atoms with Gasteiger partial charge in [-0.1, -0.05) is 36.4 Å². The first-order valence-corrected chi connectivity index (χ1v) is 8.24. The van der Waals surface area contributed by atoms with E-state index in [1.54, 1.807) is 4.68 Å². The second-order valence-electron chi connectivity index (χ2n) is 6.25. The van der Waals surface area contributed by atoms with E-state index in [9.17, 15) is 0 Å². The first-order valence-electron chi connectivity index (χ1n) is 8.24. The van der Waals surface area contributed by atoms with Crippen LogP contribution >= 0.6 is 24.0 Å². The van der Waals surface area contributed by atoms with Crippen LogP contribution in [-0.2, 0) is 13.6 Å². The van der Waals surface area contributed by atoms with Crippen LogP contribution in [0.15, 0.2) is 59.7 Å². The van der Waals surface area contributed by atoms with Crippen LogP contribution in [0, 0.1) is 13.8 Å². The maximum absolute atomic E-state index is 6.06. The largest absolute Gasteiger partial charge is 0.370 e. The Morgan fingerprint density at radius 3 is 2.42 bits per heavy atom. The van der Waals surface area contributed by atoms with Gasteiger partial charge >= 0.3 is 0 Å². The van der Waals surface area contributed by atoms with E-state index >= 15 is 0 Å². The summed E-state index contributed by atoms with van der Waals surface area (Å²) in [5, 5.41) is 7.71. The number of nitrogens with two attached hydrogens (primary N) is 1. The van der Waals surface area contributed by atoms with Gasteiger partial charge in [0.15, 0.2) is 5.96 Å². The van der Waals surface area contributed by atoms with Gasteiger partial charge in [0.25, 0.3) is 0 Å². The molecule has 0 fully saturated rings. The molecule has 0 unspecified atom stereocenters. The summed E-state index contributed by atoms with van der Waals surface area (Å²) in [5.74, 6) is 0.396. The molecule has 0 amide bonds. The maximum Gasteiger partial charge on any atom is 0.193 e. The van der Waals surface area contributed by atoms with Crippen LogP contribution in [-0.4, -0.2) is 15.7 Å². The summed E-state index contributed by atoms with van der Waals surface area (Å²) in [7, 11) is 1.91. The SMILES string of the molecule is Cc1cc(C)cc(NC(N)=NCc2cn(C)nc2-c2ccccc2)c1.I. The fourth-order valence-corrected chi connectivity index (χ4v) is 2.90. The minimum absolute atomic E-state index is 0. The van der Waals surface area contributed by atoms with Crippen molar-refractivity contribution in [3.8, 4) is 11.3 Å². The van der Waals surface area contributed by atoms with Crippen molar-refractivity contribution >= 4 is 35.6 Å². The van der Waals surface area contributed by atoms with Crippen molar-refractivity contribution in [2.45, 2.75) is 20.4 Å². The molecule has 0 aliphatic heterocycles. The zero-order chi connectivity index (χ0) is 17.8. The summed E-state index contributed by atoms with van der Waals surface area (Å²) >= 11 is 0. The summed E-state index contributed by atoms with van der Waals surface area (Å²) in [6.07, 6.45) is 1.98. The van der Waals surface area contributed by atoms with Crippen molar-refractivity contribution in [1.29, 1.82) is 0 Å². The Morgan fingerprint density at radius 1 is 1.12 bits per heavy atom. The van der Waals surface area contributed by atoms with Gasteiger partial charge in [0.2, 0.25) is 0 Å². The minimum atomic E-state index is 0. The second-order valence-corrected chi connectivity index (χ2v) is 6.25. The predicted octanol–water partition coefficient (Wildman–Crippen LogP) is 4.25. The van der Waals surface area contributed by atoms with Crippen LogP contribution in [0.3, 0.4) is 0 Å². The number of nitrogens with zero attached hydrogens (tertiary/aromatic N) is 3. The molecule has 0 aliphatic carbocycles. The van der Waals surface area contributed by atoms with Gasteiger partial charge < -0.3 is 11.1 Å². The average molecular weight is 461 g/mol. The lowest BCUT2D eigenvalue weighted by atomic mass is 10.1. The summed E-state index contributed by atoms with van der Waals surface area (Å²) < 4.78 is 1.81. The van der Waals surface area contributed by atoms with Crippen LogP contribution in [0.1, 0.15) is 16.7 Å². The normalized spacial score (nSPS) is 11.1. The van der Waals surface area contributed by atoms with Crippen molar-refractivity contribution < 1.29 is 0 Å². The molecule has 5 nitrogen and oxygen atoms in total. The van der Waals surface area contributed by atoms with Crippen LogP contribution < -0.4 is 11.1 Å². The van der Waals surface area contributed by atoms with Gasteiger partial charge in [-0.2, -0.15) is 5.10 Å². The van der Waals surface area contributed by atoms with E-state index in [0.717, 1.165) is 22.5 Å².